The Kier molecular flexibility index (Phi) is 6.80. The van der Waals surface area contributed by atoms with Gasteiger partial charge in [0, 0.05) is 11.1 Å². The van der Waals surface area contributed by atoms with E-state index in [-0.39, 0.29) is 12.5 Å². The summed E-state index contributed by atoms with van der Waals surface area (Å²) in [6.45, 7) is -0.217. The van der Waals surface area contributed by atoms with Gasteiger partial charge in [-0.25, -0.2) is 5.43 Å². The number of carbonyl (C=O) groups is 2. The molecule has 0 saturated carbocycles. The molecule has 0 aromatic heterocycles. The molecule has 2 aromatic carbocycles. The van der Waals surface area contributed by atoms with Crippen molar-refractivity contribution < 1.29 is 14.3 Å². The molecule has 0 aliphatic carbocycles. The molecule has 0 radical (unpaired) electrons. The van der Waals surface area contributed by atoms with E-state index in [1.807, 2.05) is 0 Å². The molecule has 0 unspecified atom stereocenters. The van der Waals surface area contributed by atoms with Gasteiger partial charge in [0.25, 0.3) is 11.8 Å². The Labute approximate surface area is 154 Å². The van der Waals surface area contributed by atoms with Crippen molar-refractivity contribution in [1.29, 1.82) is 0 Å². The van der Waals surface area contributed by atoms with Crippen molar-refractivity contribution >= 4 is 41.2 Å². The van der Waals surface area contributed by atoms with E-state index in [0.29, 0.717) is 26.9 Å². The number of methoxy groups -OCH3 is 1. The van der Waals surface area contributed by atoms with E-state index in [1.54, 1.807) is 42.5 Å². The molecule has 6 nitrogen and oxygen atoms in total. The SMILES string of the molecule is COc1ccc(C(=O)NCC(=O)NN=Cc2cccc(Cl)c2Cl)cc1. The van der Waals surface area contributed by atoms with Crippen LogP contribution in [0, 0.1) is 0 Å². The average Bonchev–Trinajstić information content (AvgIpc) is 2.63. The van der Waals surface area contributed by atoms with Gasteiger partial charge in [0.1, 0.15) is 5.75 Å². The summed E-state index contributed by atoms with van der Waals surface area (Å²) in [6, 6.07) is 11.6. The van der Waals surface area contributed by atoms with Crippen molar-refractivity contribution in [2.75, 3.05) is 13.7 Å². The van der Waals surface area contributed by atoms with Crippen LogP contribution in [0.1, 0.15) is 15.9 Å². The van der Waals surface area contributed by atoms with Crippen LogP contribution in [-0.4, -0.2) is 31.7 Å². The molecule has 2 N–H and O–H groups in total. The maximum atomic E-state index is 11.9. The van der Waals surface area contributed by atoms with Gasteiger partial charge in [-0.2, -0.15) is 5.10 Å². The molecule has 8 heteroatoms. The lowest BCUT2D eigenvalue weighted by Crippen LogP contribution is -2.34. The molecule has 25 heavy (non-hydrogen) atoms. The Morgan fingerprint density at radius 1 is 1.16 bits per heavy atom. The van der Waals surface area contributed by atoms with Crippen LogP contribution in [0.5, 0.6) is 5.75 Å². The topological polar surface area (TPSA) is 79.8 Å². The number of ether oxygens (including phenoxy) is 1. The van der Waals surface area contributed by atoms with Crippen molar-refractivity contribution in [3.8, 4) is 5.75 Å². The summed E-state index contributed by atoms with van der Waals surface area (Å²) in [5, 5.41) is 7.01. The predicted molar refractivity (Wildman–Crippen MR) is 97.5 cm³/mol. The Morgan fingerprint density at radius 3 is 2.56 bits per heavy atom. The maximum absolute atomic E-state index is 11.9. The Morgan fingerprint density at radius 2 is 1.88 bits per heavy atom. The third-order valence-corrected chi connectivity index (χ3v) is 3.97. The first kappa shape index (κ1) is 18.8. The minimum absolute atomic E-state index is 0.217. The van der Waals surface area contributed by atoms with Crippen molar-refractivity contribution in [2.24, 2.45) is 5.10 Å². The number of hydrazone groups is 1. The minimum Gasteiger partial charge on any atom is -0.497 e. The molecule has 0 aliphatic rings. The van der Waals surface area contributed by atoms with Gasteiger partial charge in [-0.05, 0) is 30.3 Å². The van der Waals surface area contributed by atoms with E-state index < -0.39 is 5.91 Å². The van der Waals surface area contributed by atoms with E-state index in [2.05, 4.69) is 15.8 Å². The van der Waals surface area contributed by atoms with Crippen LogP contribution in [0.3, 0.4) is 0 Å². The van der Waals surface area contributed by atoms with Crippen LogP contribution in [0.4, 0.5) is 0 Å². The lowest BCUT2D eigenvalue weighted by Gasteiger charge is -2.05. The smallest absolute Gasteiger partial charge is 0.259 e. The fraction of sp³-hybridized carbons (Fsp3) is 0.118. The lowest BCUT2D eigenvalue weighted by molar-refractivity contribution is -0.120. The summed E-state index contributed by atoms with van der Waals surface area (Å²) < 4.78 is 5.01. The number of nitrogens with one attached hydrogen (secondary N) is 2. The Bertz CT molecular complexity index is 792. The van der Waals surface area contributed by atoms with Crippen LogP contribution < -0.4 is 15.5 Å². The molecule has 0 aliphatic heterocycles. The Hall–Kier alpha value is -2.57. The molecule has 2 amide bonds. The zero-order chi connectivity index (χ0) is 18.2. The quantitative estimate of drug-likeness (QED) is 0.598. The molecule has 2 rings (SSSR count). The number of halogens is 2. The molecule has 130 valence electrons. The van der Waals surface area contributed by atoms with Gasteiger partial charge in [0.05, 0.1) is 29.9 Å². The number of nitrogens with zero attached hydrogens (tertiary/aromatic N) is 1. The monoisotopic (exact) mass is 379 g/mol. The summed E-state index contributed by atoms with van der Waals surface area (Å²) in [7, 11) is 1.54. The molecule has 0 saturated heterocycles. The van der Waals surface area contributed by atoms with Crippen LogP contribution in [0.25, 0.3) is 0 Å². The van der Waals surface area contributed by atoms with Gasteiger partial charge in [0.2, 0.25) is 0 Å². The third kappa shape index (κ3) is 5.48. The highest BCUT2D eigenvalue weighted by Gasteiger charge is 2.08. The van der Waals surface area contributed by atoms with E-state index >= 15 is 0 Å². The number of hydrogen-bond acceptors (Lipinski definition) is 4. The van der Waals surface area contributed by atoms with Crippen LogP contribution >= 0.6 is 23.2 Å². The zero-order valence-corrected chi connectivity index (χ0v) is 14.8. The molecule has 0 fully saturated rings. The van der Waals surface area contributed by atoms with Gasteiger partial charge in [-0.15, -0.1) is 0 Å². The van der Waals surface area contributed by atoms with Gasteiger partial charge in [-0.1, -0.05) is 35.3 Å². The molecule has 0 heterocycles. The molecule has 0 spiro atoms. The second kappa shape index (κ2) is 9.05. The fourth-order valence-electron chi connectivity index (χ4n) is 1.84. The van der Waals surface area contributed by atoms with Crippen molar-refractivity contribution in [1.82, 2.24) is 10.7 Å². The standard InChI is InChI=1S/C17H15Cl2N3O3/c1-25-13-7-5-11(6-8-13)17(24)20-10-15(23)22-21-9-12-3-2-4-14(18)16(12)19/h2-9H,10H2,1H3,(H,20,24)(H,22,23). The average molecular weight is 380 g/mol. The summed E-state index contributed by atoms with van der Waals surface area (Å²) in [5.41, 5.74) is 3.28. The van der Waals surface area contributed by atoms with Gasteiger partial charge in [0.15, 0.2) is 0 Å². The fourth-order valence-corrected chi connectivity index (χ4v) is 2.20. The number of hydrogen-bond donors (Lipinski definition) is 2. The lowest BCUT2D eigenvalue weighted by atomic mass is 10.2. The number of benzene rings is 2. The molecule has 0 atom stereocenters. The molecular formula is C17H15Cl2N3O3. The molecular weight excluding hydrogens is 365 g/mol. The van der Waals surface area contributed by atoms with E-state index in [1.165, 1.54) is 13.3 Å². The predicted octanol–water partition coefficient (Wildman–Crippen LogP) is 2.88. The summed E-state index contributed by atoms with van der Waals surface area (Å²) >= 11 is 11.9. The van der Waals surface area contributed by atoms with Gasteiger partial charge in [-0.3, -0.25) is 9.59 Å². The van der Waals surface area contributed by atoms with E-state index in [9.17, 15) is 9.59 Å². The number of carbonyl (C=O) groups excluding carboxylic acids is 2. The molecule has 0 bridgehead atoms. The normalized spacial score (nSPS) is 10.5. The zero-order valence-electron chi connectivity index (χ0n) is 13.3. The summed E-state index contributed by atoms with van der Waals surface area (Å²) in [5.74, 6) is -0.209. The van der Waals surface area contributed by atoms with E-state index in [4.69, 9.17) is 27.9 Å². The third-order valence-electron chi connectivity index (χ3n) is 3.14. The molecule has 2 aromatic rings. The van der Waals surface area contributed by atoms with Crippen molar-refractivity contribution in [2.45, 2.75) is 0 Å². The first-order valence-electron chi connectivity index (χ1n) is 7.19. The summed E-state index contributed by atoms with van der Waals surface area (Å²) in [4.78, 5) is 23.6. The summed E-state index contributed by atoms with van der Waals surface area (Å²) in [6.07, 6.45) is 1.37. The highest BCUT2D eigenvalue weighted by Crippen LogP contribution is 2.24. The Balaban J connectivity index is 1.82. The second-order valence-electron chi connectivity index (χ2n) is 4.85. The number of amides is 2. The van der Waals surface area contributed by atoms with Gasteiger partial charge >= 0.3 is 0 Å². The largest absolute Gasteiger partial charge is 0.497 e. The number of rotatable bonds is 6. The first-order chi connectivity index (χ1) is 12.0. The van der Waals surface area contributed by atoms with Gasteiger partial charge < -0.3 is 10.1 Å². The first-order valence-corrected chi connectivity index (χ1v) is 7.95. The van der Waals surface area contributed by atoms with Crippen LogP contribution in [0.2, 0.25) is 10.0 Å². The van der Waals surface area contributed by atoms with Crippen LogP contribution in [0.15, 0.2) is 47.6 Å². The highest BCUT2D eigenvalue weighted by molar-refractivity contribution is 6.43. The minimum atomic E-state index is -0.476. The van der Waals surface area contributed by atoms with Crippen molar-refractivity contribution in [3.05, 3.63) is 63.6 Å². The highest BCUT2D eigenvalue weighted by atomic mass is 35.5. The second-order valence-corrected chi connectivity index (χ2v) is 5.63. The van der Waals surface area contributed by atoms with Crippen LogP contribution in [-0.2, 0) is 4.79 Å². The maximum Gasteiger partial charge on any atom is 0.259 e. The van der Waals surface area contributed by atoms with Crippen molar-refractivity contribution in [3.63, 3.8) is 0 Å². The van der Waals surface area contributed by atoms with E-state index in [0.717, 1.165) is 0 Å².